The predicted octanol–water partition coefficient (Wildman–Crippen LogP) is 4.17. The van der Waals surface area contributed by atoms with Gasteiger partial charge in [-0.25, -0.2) is 4.98 Å². The Morgan fingerprint density at radius 3 is 2.46 bits per heavy atom. The van der Waals surface area contributed by atoms with E-state index >= 15 is 0 Å². The molecule has 10 nitrogen and oxygen atoms in total. The lowest BCUT2D eigenvalue weighted by atomic mass is 10.1. The first-order valence-electron chi connectivity index (χ1n) is 12.4. The molecule has 0 aliphatic heterocycles. The number of rotatable bonds is 9. The molecule has 5 rings (SSSR count). The van der Waals surface area contributed by atoms with E-state index in [1.165, 1.54) is 16.5 Å². The number of carbonyl (C=O) groups excluding carboxylic acids is 4. The lowest BCUT2D eigenvalue weighted by Crippen LogP contribution is -2.41. The molecule has 1 aliphatic rings. The summed E-state index contributed by atoms with van der Waals surface area (Å²) in [6.07, 6.45) is 1.61. The van der Waals surface area contributed by atoms with Crippen LogP contribution in [0.15, 0.2) is 66.7 Å². The first-order chi connectivity index (χ1) is 18.8. The van der Waals surface area contributed by atoms with Gasteiger partial charge in [-0.15, -0.1) is 0 Å². The number of carbonyl (C=O) groups is 4. The zero-order chi connectivity index (χ0) is 27.5. The maximum absolute atomic E-state index is 13.3. The summed E-state index contributed by atoms with van der Waals surface area (Å²) in [5, 5.41) is 10.7. The fourth-order valence-electron chi connectivity index (χ4n) is 4.27. The zero-order valence-corrected chi connectivity index (χ0v) is 21.8. The van der Waals surface area contributed by atoms with Crippen molar-refractivity contribution in [3.8, 4) is 0 Å². The van der Waals surface area contributed by atoms with Crippen molar-refractivity contribution in [2.75, 3.05) is 17.2 Å². The highest BCUT2D eigenvalue weighted by Crippen LogP contribution is 2.28. The number of hydrogen-bond acceptors (Lipinski definition) is 6. The second-order valence-corrected chi connectivity index (χ2v) is 9.65. The van der Waals surface area contributed by atoms with Crippen molar-refractivity contribution in [1.29, 1.82) is 0 Å². The zero-order valence-electron chi connectivity index (χ0n) is 21.1. The van der Waals surface area contributed by atoms with Crippen LogP contribution in [0.3, 0.4) is 0 Å². The number of nitrogens with zero attached hydrogens (tertiary/aromatic N) is 4. The Morgan fingerprint density at radius 2 is 1.77 bits per heavy atom. The van der Waals surface area contributed by atoms with E-state index in [4.69, 9.17) is 11.6 Å². The first kappa shape index (κ1) is 26.1. The van der Waals surface area contributed by atoms with Crippen molar-refractivity contribution < 1.29 is 19.2 Å². The Kier molecular flexibility index (Phi) is 7.38. The van der Waals surface area contributed by atoms with Crippen LogP contribution in [0.4, 0.5) is 11.5 Å². The molecule has 0 spiro atoms. The summed E-state index contributed by atoms with van der Waals surface area (Å²) < 4.78 is 1.46. The number of Topliss-reactive ketones (excluding diaryl/α,β-unsaturated/α-hetero) is 1. The quantitative estimate of drug-likeness (QED) is 0.240. The van der Waals surface area contributed by atoms with Gasteiger partial charge in [-0.3, -0.25) is 23.9 Å². The number of amides is 3. The molecule has 2 heterocycles. The molecule has 4 aromatic rings. The molecule has 2 aromatic carbocycles. The summed E-state index contributed by atoms with van der Waals surface area (Å²) in [6, 6.07) is 18.7. The van der Waals surface area contributed by atoms with Crippen molar-refractivity contribution in [1.82, 2.24) is 19.7 Å². The van der Waals surface area contributed by atoms with Gasteiger partial charge in [-0.2, -0.15) is 5.10 Å². The molecule has 1 fully saturated rings. The van der Waals surface area contributed by atoms with Gasteiger partial charge in [-0.05, 0) is 55.3 Å². The molecular formula is C28H25ClN6O4. The van der Waals surface area contributed by atoms with E-state index in [9.17, 15) is 19.2 Å². The van der Waals surface area contributed by atoms with E-state index in [0.717, 1.165) is 12.8 Å². The van der Waals surface area contributed by atoms with Crippen molar-refractivity contribution >= 4 is 57.5 Å². The highest BCUT2D eigenvalue weighted by molar-refractivity contribution is 6.29. The Balaban J connectivity index is 1.34. The van der Waals surface area contributed by atoms with Crippen molar-refractivity contribution in [3.05, 3.63) is 83.1 Å². The Morgan fingerprint density at radius 1 is 1.00 bits per heavy atom. The Hall–Kier alpha value is -4.57. The van der Waals surface area contributed by atoms with Gasteiger partial charge in [0.05, 0.1) is 5.52 Å². The Labute approximate surface area is 229 Å². The van der Waals surface area contributed by atoms with E-state index < -0.39 is 5.91 Å². The van der Waals surface area contributed by atoms with Gasteiger partial charge in [-0.1, -0.05) is 35.9 Å². The topological polar surface area (TPSA) is 126 Å². The van der Waals surface area contributed by atoms with Gasteiger partial charge in [0.25, 0.3) is 5.91 Å². The third-order valence-corrected chi connectivity index (χ3v) is 6.48. The molecule has 3 amide bonds. The monoisotopic (exact) mass is 544 g/mol. The SMILES string of the molecule is CC(=O)c1nn(CC(=O)N(CC(=O)Nc2cccc(Cl)n2)C2CC2)c2ccc(NC(=O)c3ccccc3)cc12. The van der Waals surface area contributed by atoms with Crippen LogP contribution in [0.2, 0.25) is 5.15 Å². The second-order valence-electron chi connectivity index (χ2n) is 9.26. The van der Waals surface area contributed by atoms with Gasteiger partial charge in [0, 0.05) is 29.6 Å². The number of fused-ring (bicyclic) bond motifs is 1. The van der Waals surface area contributed by atoms with E-state index in [2.05, 4.69) is 20.7 Å². The van der Waals surface area contributed by atoms with Crippen LogP contribution in [-0.2, 0) is 16.1 Å². The molecule has 1 aliphatic carbocycles. The summed E-state index contributed by atoms with van der Waals surface area (Å²) in [7, 11) is 0. The average Bonchev–Trinajstić information content (AvgIpc) is 3.69. The largest absolute Gasteiger partial charge is 0.329 e. The molecule has 0 bridgehead atoms. The highest BCUT2D eigenvalue weighted by atomic mass is 35.5. The molecule has 11 heteroatoms. The molecule has 2 aromatic heterocycles. The van der Waals surface area contributed by atoms with Gasteiger partial charge in [0.2, 0.25) is 11.8 Å². The van der Waals surface area contributed by atoms with Crippen LogP contribution in [0.25, 0.3) is 10.9 Å². The normalized spacial score (nSPS) is 12.7. The fraction of sp³-hybridized carbons (Fsp3) is 0.214. The van der Waals surface area contributed by atoms with Crippen LogP contribution in [0.5, 0.6) is 0 Å². The standard InChI is InChI=1S/C28H25ClN6O4/c1-17(36)27-21-14-19(30-28(39)18-6-3-2-4-7-18)10-13-22(21)35(33-27)16-26(38)34(20-11-12-20)15-25(37)32-24-9-5-8-23(29)31-24/h2-10,13-14,20H,11-12,15-16H2,1H3,(H,30,39)(H,31,32,37). The van der Waals surface area contributed by atoms with E-state index in [1.807, 2.05) is 6.07 Å². The molecule has 0 radical (unpaired) electrons. The molecule has 198 valence electrons. The minimum atomic E-state index is -0.390. The summed E-state index contributed by atoms with van der Waals surface area (Å²) in [5.41, 5.74) is 1.75. The van der Waals surface area contributed by atoms with E-state index in [-0.39, 0.29) is 47.6 Å². The summed E-state index contributed by atoms with van der Waals surface area (Å²) in [5.74, 6) is -0.945. The number of ketones is 1. The third-order valence-electron chi connectivity index (χ3n) is 6.27. The van der Waals surface area contributed by atoms with Crippen LogP contribution in [-0.4, -0.2) is 55.8 Å². The number of nitrogens with one attached hydrogen (secondary N) is 2. The van der Waals surface area contributed by atoms with Crippen LogP contribution in [0.1, 0.15) is 40.6 Å². The Bertz CT molecular complexity index is 1580. The molecule has 1 saturated carbocycles. The summed E-state index contributed by atoms with van der Waals surface area (Å²) in [4.78, 5) is 56.5. The lowest BCUT2D eigenvalue weighted by molar-refractivity contribution is -0.135. The minimum Gasteiger partial charge on any atom is -0.329 e. The van der Waals surface area contributed by atoms with Gasteiger partial charge >= 0.3 is 0 Å². The third kappa shape index (κ3) is 6.12. The highest BCUT2D eigenvalue weighted by Gasteiger charge is 2.34. The van der Waals surface area contributed by atoms with Crippen LogP contribution in [0, 0.1) is 0 Å². The van der Waals surface area contributed by atoms with Gasteiger partial charge in [0.15, 0.2) is 5.78 Å². The van der Waals surface area contributed by atoms with Crippen molar-refractivity contribution in [2.24, 2.45) is 0 Å². The number of hydrogen-bond donors (Lipinski definition) is 2. The molecule has 0 atom stereocenters. The fourth-order valence-corrected chi connectivity index (χ4v) is 4.44. The van der Waals surface area contributed by atoms with Crippen LogP contribution >= 0.6 is 11.6 Å². The maximum Gasteiger partial charge on any atom is 0.255 e. The molecular weight excluding hydrogens is 520 g/mol. The lowest BCUT2D eigenvalue weighted by Gasteiger charge is -2.22. The van der Waals surface area contributed by atoms with Crippen molar-refractivity contribution in [2.45, 2.75) is 32.4 Å². The van der Waals surface area contributed by atoms with Crippen LogP contribution < -0.4 is 10.6 Å². The number of benzene rings is 2. The summed E-state index contributed by atoms with van der Waals surface area (Å²) >= 11 is 5.89. The first-order valence-corrected chi connectivity index (χ1v) is 12.8. The molecule has 2 N–H and O–H groups in total. The maximum atomic E-state index is 13.3. The average molecular weight is 545 g/mol. The predicted molar refractivity (Wildman–Crippen MR) is 147 cm³/mol. The molecule has 0 unspecified atom stereocenters. The number of aromatic nitrogens is 3. The van der Waals surface area contributed by atoms with Crippen molar-refractivity contribution in [3.63, 3.8) is 0 Å². The number of pyridine rings is 1. The smallest absolute Gasteiger partial charge is 0.255 e. The minimum absolute atomic E-state index is 0.0375. The van der Waals surface area contributed by atoms with Gasteiger partial charge in [0.1, 0.15) is 29.8 Å². The van der Waals surface area contributed by atoms with E-state index in [0.29, 0.717) is 28.0 Å². The molecule has 39 heavy (non-hydrogen) atoms. The van der Waals surface area contributed by atoms with Gasteiger partial charge < -0.3 is 15.5 Å². The number of halogens is 1. The molecule has 0 saturated heterocycles. The summed E-state index contributed by atoms with van der Waals surface area (Å²) in [6.45, 7) is 1.10. The van der Waals surface area contributed by atoms with E-state index in [1.54, 1.807) is 60.7 Å². The second kappa shape index (κ2) is 11.0. The number of anilines is 2.